The lowest BCUT2D eigenvalue weighted by Gasteiger charge is -2.32. The van der Waals surface area contributed by atoms with Crippen LogP contribution in [0, 0.1) is 11.3 Å². The van der Waals surface area contributed by atoms with Crippen LogP contribution in [0.3, 0.4) is 0 Å². The Morgan fingerprint density at radius 3 is 2.34 bits per heavy atom. The first kappa shape index (κ1) is 24.7. The van der Waals surface area contributed by atoms with Crippen LogP contribution in [0.5, 0.6) is 0 Å². The number of amidine groups is 1. The van der Waals surface area contributed by atoms with Crippen molar-refractivity contribution in [3.05, 3.63) is 0 Å². The van der Waals surface area contributed by atoms with Crippen LogP contribution in [0.2, 0.25) is 0 Å². The monoisotopic (exact) mass is 412 g/mol. The van der Waals surface area contributed by atoms with Crippen molar-refractivity contribution in [3.8, 4) is 0 Å². The van der Waals surface area contributed by atoms with Crippen LogP contribution in [0.25, 0.3) is 0 Å². The highest BCUT2D eigenvalue weighted by atomic mass is 16.6. The molecule has 9 nitrogen and oxygen atoms in total. The van der Waals surface area contributed by atoms with Crippen molar-refractivity contribution in [1.82, 2.24) is 15.5 Å². The molecule has 1 fully saturated rings. The van der Waals surface area contributed by atoms with Crippen molar-refractivity contribution in [2.75, 3.05) is 6.54 Å². The molecule has 0 radical (unpaired) electrons. The molecule has 1 aliphatic heterocycles. The maximum Gasteiger partial charge on any atom is 0.408 e. The summed E-state index contributed by atoms with van der Waals surface area (Å²) in [5.41, 5.74) is -0.679. The number of carbonyl (C=O) groups is 3. The third-order valence-corrected chi connectivity index (χ3v) is 4.68. The summed E-state index contributed by atoms with van der Waals surface area (Å²) in [6.07, 6.45) is 1.69. The average Bonchev–Trinajstić information content (AvgIpc) is 3.06. The molecule has 0 aromatic rings. The number of ether oxygens (including phenoxy) is 1. The second-order valence-corrected chi connectivity index (χ2v) is 8.80. The van der Waals surface area contributed by atoms with E-state index in [4.69, 9.17) is 10.1 Å². The Hall–Kier alpha value is -2.32. The molecule has 1 heterocycles. The summed E-state index contributed by atoms with van der Waals surface area (Å²) in [7, 11) is 0. The predicted octanol–water partition coefficient (Wildman–Crippen LogP) is 2.35. The van der Waals surface area contributed by atoms with E-state index < -0.39 is 35.8 Å². The summed E-state index contributed by atoms with van der Waals surface area (Å²) < 4.78 is 5.27. The first-order chi connectivity index (χ1) is 13.4. The summed E-state index contributed by atoms with van der Waals surface area (Å²) >= 11 is 0. The number of aliphatic carboxylic acids is 1. The fourth-order valence-corrected chi connectivity index (χ4v) is 3.29. The smallest absolute Gasteiger partial charge is 0.408 e. The van der Waals surface area contributed by atoms with Gasteiger partial charge in [0.05, 0.1) is 6.04 Å². The van der Waals surface area contributed by atoms with Crippen molar-refractivity contribution in [1.29, 1.82) is 5.41 Å². The van der Waals surface area contributed by atoms with E-state index in [0.29, 0.717) is 32.2 Å². The molecule has 4 N–H and O–H groups in total. The van der Waals surface area contributed by atoms with Crippen molar-refractivity contribution in [2.24, 2.45) is 5.92 Å². The lowest BCUT2D eigenvalue weighted by Crippen LogP contribution is -2.56. The Morgan fingerprint density at radius 2 is 1.86 bits per heavy atom. The molecular formula is C20H36N4O5. The Bertz CT molecular complexity index is 614. The number of rotatable bonds is 8. The highest BCUT2D eigenvalue weighted by Crippen LogP contribution is 2.21. The zero-order valence-electron chi connectivity index (χ0n) is 18.4. The van der Waals surface area contributed by atoms with Crippen molar-refractivity contribution >= 4 is 23.8 Å². The van der Waals surface area contributed by atoms with Gasteiger partial charge in [-0.25, -0.2) is 9.59 Å². The lowest BCUT2D eigenvalue weighted by atomic mass is 10.0. The minimum atomic E-state index is -1.01. The van der Waals surface area contributed by atoms with Gasteiger partial charge in [-0.3, -0.25) is 10.2 Å². The molecule has 0 aromatic carbocycles. The quantitative estimate of drug-likeness (QED) is 0.357. The largest absolute Gasteiger partial charge is 0.480 e. The maximum atomic E-state index is 13.2. The van der Waals surface area contributed by atoms with E-state index in [1.807, 2.05) is 20.8 Å². The Balaban J connectivity index is 2.89. The topological polar surface area (TPSA) is 132 Å². The molecule has 2 amide bonds. The zero-order valence-corrected chi connectivity index (χ0v) is 18.4. The molecule has 1 saturated heterocycles. The van der Waals surface area contributed by atoms with E-state index in [1.54, 1.807) is 25.7 Å². The van der Waals surface area contributed by atoms with E-state index in [2.05, 4.69) is 10.6 Å². The molecule has 0 spiro atoms. The van der Waals surface area contributed by atoms with Crippen LogP contribution < -0.4 is 10.6 Å². The number of carboxylic acids is 1. The second-order valence-electron chi connectivity index (χ2n) is 8.80. The fourth-order valence-electron chi connectivity index (χ4n) is 3.29. The molecule has 1 aliphatic rings. The van der Waals surface area contributed by atoms with Crippen molar-refractivity contribution in [2.45, 2.75) is 91.0 Å². The minimum Gasteiger partial charge on any atom is -0.480 e. The molecule has 9 heteroatoms. The third-order valence-electron chi connectivity index (χ3n) is 4.68. The van der Waals surface area contributed by atoms with Crippen LogP contribution in [-0.4, -0.2) is 64.1 Å². The lowest BCUT2D eigenvalue weighted by molar-refractivity contribution is -0.139. The molecule has 0 aromatic heterocycles. The first-order valence-corrected chi connectivity index (χ1v) is 10.2. The van der Waals surface area contributed by atoms with E-state index in [0.717, 1.165) is 0 Å². The number of likely N-dealkylation sites (tertiary alicyclic amines) is 1. The van der Waals surface area contributed by atoms with Crippen LogP contribution >= 0.6 is 0 Å². The normalized spacial score (nSPS) is 18.9. The Morgan fingerprint density at radius 1 is 1.24 bits per heavy atom. The molecule has 0 saturated carbocycles. The van der Waals surface area contributed by atoms with Crippen LogP contribution in [0.4, 0.5) is 4.79 Å². The number of alkyl carbamates (subject to hydrolysis) is 1. The second kappa shape index (κ2) is 10.5. The van der Waals surface area contributed by atoms with E-state index in [-0.39, 0.29) is 17.7 Å². The number of carboxylic acid groups (broad SMARTS) is 1. The average molecular weight is 413 g/mol. The molecule has 3 atom stereocenters. The standard InChI is InChI=1S/C20H36N4O5/c1-7-9-13(18(26)27)22-16(21)14-10-8-11-24(14)17(25)15(12(2)3)23-19(28)29-20(4,5)6/h12-15H,7-11H2,1-6H3,(H2,21,22)(H,23,28)(H,26,27)/t13-,14-,15?/m0/s1. The summed E-state index contributed by atoms with van der Waals surface area (Å²) in [5, 5.41) is 23.1. The molecule has 29 heavy (non-hydrogen) atoms. The van der Waals surface area contributed by atoms with E-state index in [1.165, 1.54) is 0 Å². The van der Waals surface area contributed by atoms with Crippen molar-refractivity contribution in [3.63, 3.8) is 0 Å². The molecule has 1 rings (SSSR count). The SMILES string of the molecule is CCC[C@H](NC(=N)[C@@H]1CCCN1C(=O)C(NC(=O)OC(C)(C)C)C(C)C)C(=O)O. The van der Waals surface area contributed by atoms with Gasteiger partial charge in [0.1, 0.15) is 23.5 Å². The first-order valence-electron chi connectivity index (χ1n) is 10.2. The molecule has 166 valence electrons. The Kier molecular flexibility index (Phi) is 8.91. The fraction of sp³-hybridized carbons (Fsp3) is 0.800. The minimum absolute atomic E-state index is 0.0245. The number of nitrogens with zero attached hydrogens (tertiary/aromatic N) is 1. The number of hydrogen-bond acceptors (Lipinski definition) is 5. The summed E-state index contributed by atoms with van der Waals surface area (Å²) in [4.78, 5) is 38.3. The maximum absolute atomic E-state index is 13.2. The van der Waals surface area contributed by atoms with Gasteiger partial charge in [-0.2, -0.15) is 0 Å². The summed E-state index contributed by atoms with van der Waals surface area (Å²) in [5.74, 6) is -1.46. The highest BCUT2D eigenvalue weighted by Gasteiger charge is 2.38. The number of amides is 2. The van der Waals surface area contributed by atoms with Gasteiger partial charge in [-0.1, -0.05) is 27.2 Å². The van der Waals surface area contributed by atoms with Crippen LogP contribution in [-0.2, 0) is 14.3 Å². The van der Waals surface area contributed by atoms with E-state index >= 15 is 0 Å². The van der Waals surface area contributed by atoms with Crippen LogP contribution in [0.15, 0.2) is 0 Å². The molecule has 1 unspecified atom stereocenters. The number of carbonyl (C=O) groups excluding carboxylic acids is 2. The zero-order chi connectivity index (χ0) is 22.4. The predicted molar refractivity (Wildman–Crippen MR) is 110 cm³/mol. The third kappa shape index (κ3) is 7.55. The molecular weight excluding hydrogens is 376 g/mol. The van der Waals surface area contributed by atoms with Crippen molar-refractivity contribution < 1.29 is 24.2 Å². The van der Waals surface area contributed by atoms with Gasteiger partial charge < -0.3 is 25.4 Å². The van der Waals surface area contributed by atoms with Gasteiger partial charge in [0.2, 0.25) is 5.91 Å². The number of hydrogen-bond donors (Lipinski definition) is 4. The molecule has 0 bridgehead atoms. The van der Waals surface area contributed by atoms with Gasteiger partial charge >= 0.3 is 12.1 Å². The van der Waals surface area contributed by atoms with Crippen LogP contribution in [0.1, 0.15) is 67.2 Å². The Labute approximate surface area is 173 Å². The number of nitrogens with one attached hydrogen (secondary N) is 3. The van der Waals surface area contributed by atoms with Gasteiger partial charge in [0.25, 0.3) is 0 Å². The van der Waals surface area contributed by atoms with Gasteiger partial charge in [-0.05, 0) is 46.0 Å². The van der Waals surface area contributed by atoms with Gasteiger partial charge in [0.15, 0.2) is 0 Å². The van der Waals surface area contributed by atoms with Gasteiger partial charge in [0, 0.05) is 6.54 Å². The highest BCUT2D eigenvalue weighted by molar-refractivity contribution is 5.94. The van der Waals surface area contributed by atoms with Gasteiger partial charge in [-0.15, -0.1) is 0 Å². The van der Waals surface area contributed by atoms with E-state index in [9.17, 15) is 19.5 Å². The summed E-state index contributed by atoms with van der Waals surface area (Å²) in [6, 6.07) is -2.17. The molecule has 0 aliphatic carbocycles. The summed E-state index contributed by atoms with van der Waals surface area (Å²) in [6.45, 7) is 11.2.